The highest BCUT2D eigenvalue weighted by Crippen LogP contribution is 2.25. The van der Waals surface area contributed by atoms with Crippen LogP contribution in [0, 0.1) is 17.1 Å². The van der Waals surface area contributed by atoms with Crippen molar-refractivity contribution in [1.82, 2.24) is 5.32 Å². The van der Waals surface area contributed by atoms with Crippen LogP contribution < -0.4 is 5.32 Å². The summed E-state index contributed by atoms with van der Waals surface area (Å²) in [7, 11) is 0. The fraction of sp³-hybridized carbons (Fsp3) is 0.176. The minimum atomic E-state index is -0.471. The van der Waals surface area contributed by atoms with Crippen LogP contribution in [0.2, 0.25) is 0 Å². The molecule has 1 aromatic heterocycles. The van der Waals surface area contributed by atoms with Gasteiger partial charge in [-0.3, -0.25) is 4.79 Å². The standard InChI is InChI=1S/C17H15FN2O2/c1-11(2)20-17(21)12(10-19)9-13-7-8-16(22-13)14-5-3-4-6-15(14)18/h3-9,11H,1-2H3,(H,20,21)/b12-9-. The van der Waals surface area contributed by atoms with E-state index in [1.807, 2.05) is 6.07 Å². The molecule has 4 nitrogen and oxygen atoms in total. The molecule has 0 aliphatic heterocycles. The number of rotatable bonds is 4. The van der Waals surface area contributed by atoms with Gasteiger partial charge >= 0.3 is 0 Å². The zero-order chi connectivity index (χ0) is 16.1. The topological polar surface area (TPSA) is 66.0 Å². The van der Waals surface area contributed by atoms with Gasteiger partial charge in [0.1, 0.15) is 29.0 Å². The number of amides is 1. The zero-order valence-corrected chi connectivity index (χ0v) is 12.3. The number of halogens is 1. The Morgan fingerprint density at radius 1 is 1.32 bits per heavy atom. The zero-order valence-electron chi connectivity index (χ0n) is 12.3. The molecule has 0 spiro atoms. The Labute approximate surface area is 127 Å². The lowest BCUT2D eigenvalue weighted by Crippen LogP contribution is -2.30. The summed E-state index contributed by atoms with van der Waals surface area (Å²) in [5, 5.41) is 11.7. The average molecular weight is 298 g/mol. The van der Waals surface area contributed by atoms with Crippen LogP contribution in [0.3, 0.4) is 0 Å². The van der Waals surface area contributed by atoms with Crippen molar-refractivity contribution < 1.29 is 13.6 Å². The first-order valence-electron chi connectivity index (χ1n) is 6.78. The maximum Gasteiger partial charge on any atom is 0.262 e. The second-order valence-electron chi connectivity index (χ2n) is 4.98. The highest BCUT2D eigenvalue weighted by molar-refractivity contribution is 6.01. The van der Waals surface area contributed by atoms with E-state index >= 15 is 0 Å². The molecule has 1 amide bonds. The fourth-order valence-electron chi connectivity index (χ4n) is 1.87. The largest absolute Gasteiger partial charge is 0.457 e. The van der Waals surface area contributed by atoms with Gasteiger partial charge in [0, 0.05) is 12.1 Å². The fourth-order valence-corrected chi connectivity index (χ4v) is 1.87. The number of carbonyl (C=O) groups excluding carboxylic acids is 1. The molecular weight excluding hydrogens is 283 g/mol. The van der Waals surface area contributed by atoms with Crippen LogP contribution in [-0.4, -0.2) is 11.9 Å². The second kappa shape index (κ2) is 6.72. The van der Waals surface area contributed by atoms with Crippen molar-refractivity contribution in [3.63, 3.8) is 0 Å². The Kier molecular flexibility index (Phi) is 4.74. The minimum absolute atomic E-state index is 0.0665. The van der Waals surface area contributed by atoms with Crippen LogP contribution in [0.25, 0.3) is 17.4 Å². The van der Waals surface area contributed by atoms with Gasteiger partial charge in [-0.2, -0.15) is 5.26 Å². The molecule has 0 saturated carbocycles. The van der Waals surface area contributed by atoms with Crippen molar-refractivity contribution >= 4 is 12.0 Å². The molecule has 0 unspecified atom stereocenters. The van der Waals surface area contributed by atoms with Gasteiger partial charge in [0.15, 0.2) is 0 Å². The summed E-state index contributed by atoms with van der Waals surface area (Å²) in [5.74, 6) is -0.216. The molecule has 0 radical (unpaired) electrons. The first-order chi connectivity index (χ1) is 10.5. The molecule has 5 heteroatoms. The quantitative estimate of drug-likeness (QED) is 0.693. The van der Waals surface area contributed by atoms with Crippen LogP contribution >= 0.6 is 0 Å². The third-order valence-electron chi connectivity index (χ3n) is 2.84. The summed E-state index contributed by atoms with van der Waals surface area (Å²) in [6, 6.07) is 11.2. The van der Waals surface area contributed by atoms with E-state index in [0.717, 1.165) is 0 Å². The van der Waals surface area contributed by atoms with Crippen LogP contribution in [0.5, 0.6) is 0 Å². The van der Waals surface area contributed by atoms with E-state index in [0.29, 0.717) is 17.1 Å². The number of hydrogen-bond acceptors (Lipinski definition) is 3. The highest BCUT2D eigenvalue weighted by Gasteiger charge is 2.12. The molecule has 0 aliphatic rings. The van der Waals surface area contributed by atoms with Crippen molar-refractivity contribution in [1.29, 1.82) is 5.26 Å². The summed E-state index contributed by atoms with van der Waals surface area (Å²) in [6.07, 6.45) is 1.34. The Morgan fingerprint density at radius 2 is 2.05 bits per heavy atom. The maximum atomic E-state index is 13.7. The summed E-state index contributed by atoms with van der Waals surface area (Å²) >= 11 is 0. The molecule has 0 saturated heterocycles. The van der Waals surface area contributed by atoms with Crippen molar-refractivity contribution in [2.45, 2.75) is 19.9 Å². The van der Waals surface area contributed by atoms with E-state index in [1.165, 1.54) is 12.1 Å². The lowest BCUT2D eigenvalue weighted by atomic mass is 10.1. The van der Waals surface area contributed by atoms with Crippen molar-refractivity contribution in [3.8, 4) is 17.4 Å². The molecule has 2 aromatic rings. The van der Waals surface area contributed by atoms with Gasteiger partial charge < -0.3 is 9.73 Å². The Balaban J connectivity index is 2.28. The van der Waals surface area contributed by atoms with Gasteiger partial charge in [-0.25, -0.2) is 4.39 Å². The lowest BCUT2D eigenvalue weighted by Gasteiger charge is -2.06. The molecule has 1 heterocycles. The number of nitriles is 1. The smallest absolute Gasteiger partial charge is 0.262 e. The first-order valence-corrected chi connectivity index (χ1v) is 6.78. The number of furan rings is 1. The lowest BCUT2D eigenvalue weighted by molar-refractivity contribution is -0.117. The van der Waals surface area contributed by atoms with Gasteiger partial charge in [-0.05, 0) is 38.1 Å². The minimum Gasteiger partial charge on any atom is -0.457 e. The first kappa shape index (κ1) is 15.5. The van der Waals surface area contributed by atoms with Gasteiger partial charge in [0.05, 0.1) is 5.56 Å². The summed E-state index contributed by atoms with van der Waals surface area (Å²) in [4.78, 5) is 11.8. The maximum absolute atomic E-state index is 13.7. The number of hydrogen-bond donors (Lipinski definition) is 1. The Hall–Kier alpha value is -2.87. The third-order valence-corrected chi connectivity index (χ3v) is 2.84. The van der Waals surface area contributed by atoms with E-state index in [2.05, 4.69) is 5.32 Å². The van der Waals surface area contributed by atoms with Gasteiger partial charge in [0.25, 0.3) is 5.91 Å². The van der Waals surface area contributed by atoms with Crippen LogP contribution in [0.4, 0.5) is 4.39 Å². The molecular formula is C17H15FN2O2. The molecule has 0 atom stereocenters. The van der Waals surface area contributed by atoms with Crippen LogP contribution in [0.15, 0.2) is 46.4 Å². The molecule has 0 fully saturated rings. The second-order valence-corrected chi connectivity index (χ2v) is 4.98. The Bertz CT molecular complexity index is 754. The Morgan fingerprint density at radius 3 is 2.68 bits per heavy atom. The molecule has 22 heavy (non-hydrogen) atoms. The van der Waals surface area contributed by atoms with E-state index in [9.17, 15) is 9.18 Å². The highest BCUT2D eigenvalue weighted by atomic mass is 19.1. The molecule has 2 rings (SSSR count). The molecule has 0 bridgehead atoms. The molecule has 112 valence electrons. The van der Waals surface area contributed by atoms with Crippen molar-refractivity contribution in [3.05, 3.63) is 53.5 Å². The number of nitrogens with one attached hydrogen (secondary N) is 1. The molecule has 1 N–H and O–H groups in total. The normalized spacial score (nSPS) is 11.3. The number of nitrogens with zero attached hydrogens (tertiary/aromatic N) is 1. The van der Waals surface area contributed by atoms with Gasteiger partial charge in [-0.1, -0.05) is 12.1 Å². The van der Waals surface area contributed by atoms with Gasteiger partial charge in [-0.15, -0.1) is 0 Å². The van der Waals surface area contributed by atoms with E-state index in [-0.39, 0.29) is 11.6 Å². The molecule has 0 aliphatic carbocycles. The summed E-state index contributed by atoms with van der Waals surface area (Å²) in [5.41, 5.74) is 0.260. The molecule has 1 aromatic carbocycles. The number of carbonyl (C=O) groups is 1. The average Bonchev–Trinajstić information content (AvgIpc) is 2.92. The summed E-state index contributed by atoms with van der Waals surface area (Å²) < 4.78 is 19.2. The van der Waals surface area contributed by atoms with E-state index in [1.54, 1.807) is 44.2 Å². The number of benzene rings is 1. The van der Waals surface area contributed by atoms with E-state index in [4.69, 9.17) is 9.68 Å². The predicted molar refractivity (Wildman–Crippen MR) is 81.0 cm³/mol. The SMILES string of the molecule is CC(C)NC(=O)/C(C#N)=C\c1ccc(-c2ccccc2F)o1. The van der Waals surface area contributed by atoms with Crippen LogP contribution in [-0.2, 0) is 4.79 Å². The van der Waals surface area contributed by atoms with Crippen molar-refractivity contribution in [2.75, 3.05) is 0 Å². The summed E-state index contributed by atoms with van der Waals surface area (Å²) in [6.45, 7) is 3.60. The van der Waals surface area contributed by atoms with Crippen LogP contribution in [0.1, 0.15) is 19.6 Å². The van der Waals surface area contributed by atoms with E-state index < -0.39 is 11.7 Å². The third kappa shape index (κ3) is 3.61. The predicted octanol–water partition coefficient (Wildman–Crippen LogP) is 3.52. The van der Waals surface area contributed by atoms with Crippen molar-refractivity contribution in [2.24, 2.45) is 0 Å². The monoisotopic (exact) mass is 298 g/mol. The van der Waals surface area contributed by atoms with Gasteiger partial charge in [0.2, 0.25) is 0 Å².